The standard InChI is InChI=1S/C11H23N3/c1-13(2)5-3-6-14-7-4-11(10-14)8-12-9-11/h12H,3-10H2,1-2H3. The molecule has 0 atom stereocenters. The van der Waals surface area contributed by atoms with Crippen LogP contribution in [0.25, 0.3) is 0 Å². The minimum atomic E-state index is 0.679. The molecule has 2 fully saturated rings. The number of hydrogen-bond acceptors (Lipinski definition) is 3. The molecule has 1 spiro atoms. The molecule has 0 aromatic rings. The number of hydrogen-bond donors (Lipinski definition) is 1. The maximum absolute atomic E-state index is 3.40. The highest BCUT2D eigenvalue weighted by molar-refractivity contribution is 4.99. The van der Waals surface area contributed by atoms with E-state index in [0.717, 1.165) is 0 Å². The zero-order chi connectivity index (χ0) is 10.0. The summed E-state index contributed by atoms with van der Waals surface area (Å²) in [5.74, 6) is 0. The van der Waals surface area contributed by atoms with Crippen LogP contribution in [0.3, 0.4) is 0 Å². The maximum atomic E-state index is 3.40. The van der Waals surface area contributed by atoms with Crippen LogP contribution >= 0.6 is 0 Å². The Morgan fingerprint density at radius 3 is 2.64 bits per heavy atom. The predicted octanol–water partition coefficient (Wildman–Crippen LogP) is 0.233. The highest BCUT2D eigenvalue weighted by atomic mass is 15.2. The Hall–Kier alpha value is -0.120. The summed E-state index contributed by atoms with van der Waals surface area (Å²) in [6.07, 6.45) is 2.73. The van der Waals surface area contributed by atoms with Crippen molar-refractivity contribution < 1.29 is 0 Å². The van der Waals surface area contributed by atoms with Gasteiger partial charge in [-0.3, -0.25) is 0 Å². The van der Waals surface area contributed by atoms with Gasteiger partial charge in [0, 0.05) is 25.0 Å². The van der Waals surface area contributed by atoms with E-state index in [1.165, 1.54) is 52.1 Å². The van der Waals surface area contributed by atoms with Gasteiger partial charge in [0.15, 0.2) is 0 Å². The van der Waals surface area contributed by atoms with Crippen LogP contribution < -0.4 is 5.32 Å². The number of likely N-dealkylation sites (tertiary alicyclic amines) is 1. The molecule has 2 heterocycles. The summed E-state index contributed by atoms with van der Waals surface area (Å²) in [7, 11) is 4.31. The number of nitrogens with one attached hydrogen (secondary N) is 1. The van der Waals surface area contributed by atoms with E-state index in [-0.39, 0.29) is 0 Å². The lowest BCUT2D eigenvalue weighted by molar-refractivity contribution is 0.167. The second-order valence-corrected chi connectivity index (χ2v) is 5.29. The van der Waals surface area contributed by atoms with Crippen LogP contribution in [0.4, 0.5) is 0 Å². The Labute approximate surface area is 87.4 Å². The molecule has 0 saturated carbocycles. The molecule has 14 heavy (non-hydrogen) atoms. The quantitative estimate of drug-likeness (QED) is 0.696. The lowest BCUT2D eigenvalue weighted by Gasteiger charge is -2.39. The van der Waals surface area contributed by atoms with Gasteiger partial charge in [-0.2, -0.15) is 0 Å². The first-order chi connectivity index (χ1) is 6.70. The minimum absolute atomic E-state index is 0.679. The zero-order valence-corrected chi connectivity index (χ0v) is 9.55. The largest absolute Gasteiger partial charge is 0.315 e. The maximum Gasteiger partial charge on any atom is 0.00918 e. The van der Waals surface area contributed by atoms with Crippen molar-refractivity contribution in [3.63, 3.8) is 0 Å². The number of nitrogens with zero attached hydrogens (tertiary/aromatic N) is 2. The normalized spacial score (nSPS) is 25.9. The molecule has 0 aromatic heterocycles. The summed E-state index contributed by atoms with van der Waals surface area (Å²) >= 11 is 0. The summed E-state index contributed by atoms with van der Waals surface area (Å²) in [5.41, 5.74) is 0.679. The van der Waals surface area contributed by atoms with Crippen molar-refractivity contribution in [2.45, 2.75) is 12.8 Å². The average molecular weight is 197 g/mol. The van der Waals surface area contributed by atoms with E-state index in [0.29, 0.717) is 5.41 Å². The Morgan fingerprint density at radius 1 is 1.36 bits per heavy atom. The first-order valence-corrected chi connectivity index (χ1v) is 5.78. The van der Waals surface area contributed by atoms with Crippen LogP contribution in [0.2, 0.25) is 0 Å². The summed E-state index contributed by atoms with van der Waals surface area (Å²) in [4.78, 5) is 4.92. The third kappa shape index (κ3) is 2.27. The van der Waals surface area contributed by atoms with E-state index in [1.807, 2.05) is 0 Å². The van der Waals surface area contributed by atoms with Gasteiger partial charge in [-0.05, 0) is 46.6 Å². The van der Waals surface area contributed by atoms with E-state index in [4.69, 9.17) is 0 Å². The SMILES string of the molecule is CN(C)CCCN1CCC2(CNC2)C1. The minimum Gasteiger partial charge on any atom is -0.315 e. The van der Waals surface area contributed by atoms with Crippen molar-refractivity contribution in [2.24, 2.45) is 5.41 Å². The van der Waals surface area contributed by atoms with Crippen LogP contribution in [0.1, 0.15) is 12.8 Å². The summed E-state index contributed by atoms with van der Waals surface area (Å²) < 4.78 is 0. The molecule has 0 unspecified atom stereocenters. The molecule has 2 aliphatic rings. The third-order valence-electron chi connectivity index (χ3n) is 3.60. The fourth-order valence-corrected chi connectivity index (χ4v) is 2.60. The van der Waals surface area contributed by atoms with Crippen molar-refractivity contribution in [3.05, 3.63) is 0 Å². The summed E-state index contributed by atoms with van der Waals surface area (Å²) in [6.45, 7) is 7.71. The third-order valence-corrected chi connectivity index (χ3v) is 3.60. The van der Waals surface area contributed by atoms with E-state index in [1.54, 1.807) is 0 Å². The van der Waals surface area contributed by atoms with Gasteiger partial charge in [0.1, 0.15) is 0 Å². The predicted molar refractivity (Wildman–Crippen MR) is 59.5 cm³/mol. The fraction of sp³-hybridized carbons (Fsp3) is 1.00. The van der Waals surface area contributed by atoms with E-state index < -0.39 is 0 Å². The molecule has 3 heteroatoms. The Balaban J connectivity index is 1.64. The van der Waals surface area contributed by atoms with Gasteiger partial charge in [0.2, 0.25) is 0 Å². The first-order valence-electron chi connectivity index (χ1n) is 5.78. The molecular formula is C11H23N3. The van der Waals surface area contributed by atoms with Crippen LogP contribution in [0.5, 0.6) is 0 Å². The molecule has 0 aliphatic carbocycles. The monoisotopic (exact) mass is 197 g/mol. The molecule has 2 rings (SSSR count). The topological polar surface area (TPSA) is 18.5 Å². The first kappa shape index (κ1) is 10.4. The van der Waals surface area contributed by atoms with Crippen molar-refractivity contribution in [1.82, 2.24) is 15.1 Å². The zero-order valence-electron chi connectivity index (χ0n) is 9.55. The molecule has 3 nitrogen and oxygen atoms in total. The van der Waals surface area contributed by atoms with Crippen molar-refractivity contribution in [1.29, 1.82) is 0 Å². The summed E-state index contributed by atoms with van der Waals surface area (Å²) in [6, 6.07) is 0. The molecule has 0 bridgehead atoms. The molecular weight excluding hydrogens is 174 g/mol. The Morgan fingerprint density at radius 2 is 2.14 bits per heavy atom. The average Bonchev–Trinajstić information content (AvgIpc) is 2.47. The Kier molecular flexibility index (Phi) is 3.10. The van der Waals surface area contributed by atoms with E-state index in [2.05, 4.69) is 29.2 Å². The highest BCUT2D eigenvalue weighted by Gasteiger charge is 2.42. The van der Waals surface area contributed by atoms with Crippen LogP contribution in [-0.4, -0.2) is 63.2 Å². The van der Waals surface area contributed by atoms with Gasteiger partial charge in [-0.1, -0.05) is 0 Å². The van der Waals surface area contributed by atoms with Gasteiger partial charge in [0.05, 0.1) is 0 Å². The lowest BCUT2D eigenvalue weighted by Crippen LogP contribution is -2.54. The van der Waals surface area contributed by atoms with Gasteiger partial charge < -0.3 is 15.1 Å². The van der Waals surface area contributed by atoms with Gasteiger partial charge in [-0.15, -0.1) is 0 Å². The van der Waals surface area contributed by atoms with E-state index in [9.17, 15) is 0 Å². The van der Waals surface area contributed by atoms with Gasteiger partial charge in [-0.25, -0.2) is 0 Å². The summed E-state index contributed by atoms with van der Waals surface area (Å²) in [5, 5.41) is 3.40. The fourth-order valence-electron chi connectivity index (χ4n) is 2.60. The smallest absolute Gasteiger partial charge is 0.00918 e. The molecule has 1 N–H and O–H groups in total. The van der Waals surface area contributed by atoms with Crippen LogP contribution in [0.15, 0.2) is 0 Å². The molecule has 0 radical (unpaired) electrons. The van der Waals surface area contributed by atoms with Crippen LogP contribution in [0, 0.1) is 5.41 Å². The van der Waals surface area contributed by atoms with Crippen molar-refractivity contribution in [2.75, 3.05) is 53.4 Å². The van der Waals surface area contributed by atoms with Gasteiger partial charge >= 0.3 is 0 Å². The lowest BCUT2D eigenvalue weighted by atomic mass is 9.81. The second-order valence-electron chi connectivity index (χ2n) is 5.29. The van der Waals surface area contributed by atoms with Crippen molar-refractivity contribution >= 4 is 0 Å². The molecule has 0 aromatic carbocycles. The molecule has 2 aliphatic heterocycles. The highest BCUT2D eigenvalue weighted by Crippen LogP contribution is 2.33. The second kappa shape index (κ2) is 4.17. The van der Waals surface area contributed by atoms with Gasteiger partial charge in [0.25, 0.3) is 0 Å². The molecule has 82 valence electrons. The number of rotatable bonds is 4. The van der Waals surface area contributed by atoms with Crippen molar-refractivity contribution in [3.8, 4) is 0 Å². The molecule has 2 saturated heterocycles. The molecule has 0 amide bonds. The van der Waals surface area contributed by atoms with Crippen LogP contribution in [-0.2, 0) is 0 Å². The Bertz CT molecular complexity index is 187. The van der Waals surface area contributed by atoms with E-state index >= 15 is 0 Å².